The first-order chi connectivity index (χ1) is 17.0. The lowest BCUT2D eigenvalue weighted by atomic mass is 10.1. The summed E-state index contributed by atoms with van der Waals surface area (Å²) in [5.41, 5.74) is 5.76. The molecule has 180 valence electrons. The number of hydrogen-bond donors (Lipinski definition) is 1. The molecule has 0 aliphatic rings. The van der Waals surface area contributed by atoms with Crippen LogP contribution >= 0.6 is 0 Å². The van der Waals surface area contributed by atoms with E-state index in [2.05, 4.69) is 16.5 Å². The highest BCUT2D eigenvalue weighted by atomic mass is 16.5. The number of benzene rings is 3. The van der Waals surface area contributed by atoms with Gasteiger partial charge in [-0.25, -0.2) is 4.98 Å². The lowest BCUT2D eigenvalue weighted by molar-refractivity contribution is 0.0949. The molecular formula is C29H31N3O3. The monoisotopic (exact) mass is 469 g/mol. The number of carbonyl (C=O) groups excluding carboxylic acids is 1. The minimum Gasteiger partial charge on any atom is -0.493 e. The van der Waals surface area contributed by atoms with Crippen LogP contribution < -0.4 is 14.8 Å². The predicted molar refractivity (Wildman–Crippen MR) is 139 cm³/mol. The van der Waals surface area contributed by atoms with Crippen LogP contribution in [0.1, 0.15) is 32.9 Å². The standard InChI is InChI=1S/C29H31N3O3/c1-5-8-22-12-14-26(27(18-22)34-4)35-16-15-32-25-10-7-6-9-24(25)31-28(32)19-30-29(33)23-13-11-20(2)17-21(23)3/h5-7,9-14,17-18H,1,8,15-16,19H2,2-4H3,(H,30,33). The van der Waals surface area contributed by atoms with Crippen LogP contribution in [0.4, 0.5) is 0 Å². The molecule has 6 heteroatoms. The highest BCUT2D eigenvalue weighted by Gasteiger charge is 2.14. The summed E-state index contributed by atoms with van der Waals surface area (Å²) in [6.07, 6.45) is 2.63. The molecule has 0 aliphatic carbocycles. The van der Waals surface area contributed by atoms with Crippen LogP contribution in [-0.2, 0) is 19.5 Å². The van der Waals surface area contributed by atoms with Crippen LogP contribution in [0.3, 0.4) is 0 Å². The van der Waals surface area contributed by atoms with E-state index in [4.69, 9.17) is 14.5 Å². The van der Waals surface area contributed by atoms with Gasteiger partial charge in [-0.15, -0.1) is 6.58 Å². The Labute approximate surface area is 206 Å². The van der Waals surface area contributed by atoms with Crippen molar-refractivity contribution in [2.75, 3.05) is 13.7 Å². The van der Waals surface area contributed by atoms with Crippen molar-refractivity contribution < 1.29 is 14.3 Å². The topological polar surface area (TPSA) is 65.4 Å². The molecule has 1 heterocycles. The first kappa shape index (κ1) is 24.1. The highest BCUT2D eigenvalue weighted by molar-refractivity contribution is 5.95. The van der Waals surface area contributed by atoms with Crippen molar-refractivity contribution in [2.24, 2.45) is 0 Å². The van der Waals surface area contributed by atoms with E-state index in [9.17, 15) is 4.79 Å². The van der Waals surface area contributed by atoms with Gasteiger partial charge >= 0.3 is 0 Å². The zero-order valence-corrected chi connectivity index (χ0v) is 20.5. The Kier molecular flexibility index (Phi) is 7.51. The van der Waals surface area contributed by atoms with Crippen LogP contribution in [0.25, 0.3) is 11.0 Å². The van der Waals surface area contributed by atoms with Crippen LogP contribution in [0.2, 0.25) is 0 Å². The molecule has 0 aliphatic heterocycles. The Morgan fingerprint density at radius 2 is 1.91 bits per heavy atom. The van der Waals surface area contributed by atoms with Gasteiger partial charge in [0.15, 0.2) is 11.5 Å². The maximum absolute atomic E-state index is 12.8. The number of nitrogens with zero attached hydrogens (tertiary/aromatic N) is 2. The second kappa shape index (κ2) is 10.9. The van der Waals surface area contributed by atoms with E-state index in [1.54, 1.807) is 7.11 Å². The molecule has 0 saturated carbocycles. The molecule has 3 aromatic carbocycles. The first-order valence-corrected chi connectivity index (χ1v) is 11.7. The number of hydrogen-bond acceptors (Lipinski definition) is 4. The van der Waals surface area contributed by atoms with Crippen LogP contribution in [0.15, 0.2) is 73.3 Å². The van der Waals surface area contributed by atoms with Gasteiger partial charge in [0.2, 0.25) is 0 Å². The molecule has 4 aromatic rings. The van der Waals surface area contributed by atoms with Gasteiger partial charge < -0.3 is 19.4 Å². The van der Waals surface area contributed by atoms with Crippen molar-refractivity contribution >= 4 is 16.9 Å². The zero-order valence-electron chi connectivity index (χ0n) is 20.5. The maximum atomic E-state index is 12.8. The summed E-state index contributed by atoms with van der Waals surface area (Å²) < 4.78 is 13.7. The summed E-state index contributed by atoms with van der Waals surface area (Å²) in [7, 11) is 1.64. The van der Waals surface area contributed by atoms with E-state index < -0.39 is 0 Å². The van der Waals surface area contributed by atoms with E-state index in [1.165, 1.54) is 0 Å². The summed E-state index contributed by atoms with van der Waals surface area (Å²) in [6, 6.07) is 19.7. The first-order valence-electron chi connectivity index (χ1n) is 11.7. The third kappa shape index (κ3) is 5.54. The average molecular weight is 470 g/mol. The highest BCUT2D eigenvalue weighted by Crippen LogP contribution is 2.28. The molecule has 6 nitrogen and oxygen atoms in total. The number of nitrogens with one attached hydrogen (secondary N) is 1. The Bertz CT molecular complexity index is 1360. The third-order valence-corrected chi connectivity index (χ3v) is 5.95. The predicted octanol–water partition coefficient (Wildman–Crippen LogP) is 5.40. The molecule has 0 saturated heterocycles. The van der Waals surface area contributed by atoms with Crippen molar-refractivity contribution in [3.05, 3.63) is 101 Å². The number of carbonyl (C=O) groups is 1. The van der Waals surface area contributed by atoms with Gasteiger partial charge in [-0.05, 0) is 61.7 Å². The molecule has 0 bridgehead atoms. The molecular weight excluding hydrogens is 438 g/mol. The van der Waals surface area contributed by atoms with Crippen molar-refractivity contribution in [3.63, 3.8) is 0 Å². The Hall–Kier alpha value is -4.06. The van der Waals surface area contributed by atoms with Gasteiger partial charge in [0.1, 0.15) is 12.4 Å². The van der Waals surface area contributed by atoms with E-state index in [0.29, 0.717) is 36.8 Å². The molecule has 0 radical (unpaired) electrons. The molecule has 0 unspecified atom stereocenters. The Morgan fingerprint density at radius 3 is 2.69 bits per heavy atom. The second-order valence-electron chi connectivity index (χ2n) is 8.50. The number of aromatic nitrogens is 2. The van der Waals surface area contributed by atoms with E-state index in [1.807, 2.05) is 80.6 Å². The van der Waals surface area contributed by atoms with Gasteiger partial charge in [0, 0.05) is 5.56 Å². The SMILES string of the molecule is C=CCc1ccc(OCCn2c(CNC(=O)c3ccc(C)cc3C)nc3ccccc32)c(OC)c1. The van der Waals surface area contributed by atoms with Gasteiger partial charge in [0.25, 0.3) is 5.91 Å². The third-order valence-electron chi connectivity index (χ3n) is 5.95. The number of ether oxygens (including phenoxy) is 2. The van der Waals surface area contributed by atoms with Crippen LogP contribution in [-0.4, -0.2) is 29.2 Å². The normalized spacial score (nSPS) is 10.8. The van der Waals surface area contributed by atoms with Crippen molar-refractivity contribution in [3.8, 4) is 11.5 Å². The van der Waals surface area contributed by atoms with Crippen molar-refractivity contribution in [1.82, 2.24) is 14.9 Å². The van der Waals surface area contributed by atoms with Crippen molar-refractivity contribution in [1.29, 1.82) is 0 Å². The second-order valence-corrected chi connectivity index (χ2v) is 8.50. The smallest absolute Gasteiger partial charge is 0.251 e. The number of imidazole rings is 1. The molecule has 35 heavy (non-hydrogen) atoms. The number of allylic oxidation sites excluding steroid dienone is 1. The summed E-state index contributed by atoms with van der Waals surface area (Å²) >= 11 is 0. The van der Waals surface area contributed by atoms with Gasteiger partial charge in [0.05, 0.1) is 31.2 Å². The van der Waals surface area contributed by atoms with Crippen LogP contribution in [0.5, 0.6) is 11.5 Å². The quantitative estimate of drug-likeness (QED) is 0.316. The Balaban J connectivity index is 1.49. The van der Waals surface area contributed by atoms with Gasteiger partial charge in [-0.3, -0.25) is 4.79 Å². The lowest BCUT2D eigenvalue weighted by Crippen LogP contribution is -2.26. The van der Waals surface area contributed by atoms with Gasteiger partial charge in [-0.1, -0.05) is 42.0 Å². The summed E-state index contributed by atoms with van der Waals surface area (Å²) in [6.45, 7) is 9.08. The molecule has 1 aromatic heterocycles. The Morgan fingerprint density at radius 1 is 1.09 bits per heavy atom. The number of para-hydroxylation sites is 2. The minimum atomic E-state index is -0.110. The number of rotatable bonds is 10. The fourth-order valence-corrected chi connectivity index (χ4v) is 4.20. The molecule has 1 amide bonds. The van der Waals surface area contributed by atoms with Crippen molar-refractivity contribution in [2.45, 2.75) is 33.4 Å². The summed E-state index contributed by atoms with van der Waals surface area (Å²) in [5.74, 6) is 2.05. The minimum absolute atomic E-state index is 0.110. The van der Waals surface area contributed by atoms with E-state index >= 15 is 0 Å². The van der Waals surface area contributed by atoms with E-state index in [0.717, 1.165) is 40.0 Å². The lowest BCUT2D eigenvalue weighted by Gasteiger charge is -2.14. The summed E-state index contributed by atoms with van der Waals surface area (Å²) in [4.78, 5) is 17.6. The molecule has 0 atom stereocenters. The number of amides is 1. The molecule has 0 fully saturated rings. The fraction of sp³-hybridized carbons (Fsp3) is 0.241. The number of fused-ring (bicyclic) bond motifs is 1. The number of methoxy groups -OCH3 is 1. The molecule has 1 N–H and O–H groups in total. The zero-order chi connectivity index (χ0) is 24.8. The van der Waals surface area contributed by atoms with E-state index in [-0.39, 0.29) is 5.91 Å². The average Bonchev–Trinajstić information content (AvgIpc) is 3.21. The molecule has 0 spiro atoms. The fourth-order valence-electron chi connectivity index (χ4n) is 4.20. The molecule has 4 rings (SSSR count). The largest absolute Gasteiger partial charge is 0.493 e. The van der Waals surface area contributed by atoms with Crippen LogP contribution in [0, 0.1) is 13.8 Å². The van der Waals surface area contributed by atoms with Gasteiger partial charge in [-0.2, -0.15) is 0 Å². The number of aryl methyl sites for hydroxylation is 2. The summed E-state index contributed by atoms with van der Waals surface area (Å²) in [5, 5.41) is 3.03. The maximum Gasteiger partial charge on any atom is 0.251 e.